The monoisotopic (exact) mass is 360 g/mol. The lowest BCUT2D eigenvalue weighted by atomic mass is 9.83. The van der Waals surface area contributed by atoms with Crippen LogP contribution in [0.3, 0.4) is 0 Å². The van der Waals surface area contributed by atoms with Crippen molar-refractivity contribution < 1.29 is 19.4 Å². The molecule has 0 bridgehead atoms. The maximum Gasteiger partial charge on any atom is 0.335 e. The molecule has 0 aromatic heterocycles. The van der Waals surface area contributed by atoms with Gasteiger partial charge in [0.05, 0.1) is 12.7 Å². The van der Waals surface area contributed by atoms with Gasteiger partial charge in [0.2, 0.25) is 0 Å². The summed E-state index contributed by atoms with van der Waals surface area (Å²) in [6, 6.07) is 23.3. The van der Waals surface area contributed by atoms with Crippen molar-refractivity contribution >= 4 is 11.8 Å². The highest BCUT2D eigenvalue weighted by molar-refractivity contribution is 5.97. The molecular weight excluding hydrogens is 340 g/mol. The Bertz CT molecular complexity index is 930. The van der Waals surface area contributed by atoms with Crippen molar-refractivity contribution in [1.29, 1.82) is 0 Å². The minimum Gasteiger partial charge on any atom is -0.497 e. The van der Waals surface area contributed by atoms with Crippen LogP contribution in [-0.4, -0.2) is 24.0 Å². The Balaban J connectivity index is 2.03. The summed E-state index contributed by atoms with van der Waals surface area (Å²) in [7, 11) is 1.59. The van der Waals surface area contributed by atoms with Crippen LogP contribution in [0.1, 0.15) is 44.2 Å². The maximum absolute atomic E-state index is 12.8. The van der Waals surface area contributed by atoms with Crippen LogP contribution in [0, 0.1) is 0 Å². The van der Waals surface area contributed by atoms with Gasteiger partial charge in [-0.3, -0.25) is 4.79 Å². The Morgan fingerprint density at radius 2 is 1.52 bits per heavy atom. The van der Waals surface area contributed by atoms with E-state index in [0.717, 1.165) is 5.56 Å². The molecule has 0 fully saturated rings. The van der Waals surface area contributed by atoms with Gasteiger partial charge < -0.3 is 9.84 Å². The molecule has 1 N–H and O–H groups in total. The third-order valence-corrected chi connectivity index (χ3v) is 4.57. The van der Waals surface area contributed by atoms with Gasteiger partial charge >= 0.3 is 5.97 Å². The van der Waals surface area contributed by atoms with Crippen LogP contribution in [-0.2, 0) is 0 Å². The van der Waals surface area contributed by atoms with Crippen molar-refractivity contribution in [3.05, 3.63) is 101 Å². The largest absolute Gasteiger partial charge is 0.497 e. The highest BCUT2D eigenvalue weighted by Crippen LogP contribution is 2.33. The smallest absolute Gasteiger partial charge is 0.335 e. The van der Waals surface area contributed by atoms with Crippen LogP contribution in [0.4, 0.5) is 0 Å². The van der Waals surface area contributed by atoms with Crippen LogP contribution < -0.4 is 4.74 Å². The SMILES string of the molecule is COc1ccc(C(CC(=O)c2ccccc2)c2ccccc2C(=O)O)cc1. The molecule has 3 rings (SSSR count). The first-order valence-corrected chi connectivity index (χ1v) is 8.64. The molecule has 0 spiro atoms. The van der Waals surface area contributed by atoms with Crippen molar-refractivity contribution in [1.82, 2.24) is 0 Å². The van der Waals surface area contributed by atoms with Crippen molar-refractivity contribution in [3.8, 4) is 5.75 Å². The summed E-state index contributed by atoms with van der Waals surface area (Å²) in [5.41, 5.74) is 2.32. The molecule has 1 atom stereocenters. The molecule has 0 aliphatic heterocycles. The number of methoxy groups -OCH3 is 1. The molecule has 0 saturated heterocycles. The van der Waals surface area contributed by atoms with E-state index in [9.17, 15) is 14.7 Å². The molecule has 3 aromatic carbocycles. The molecule has 136 valence electrons. The minimum atomic E-state index is -1.00. The molecule has 0 radical (unpaired) electrons. The molecule has 1 unspecified atom stereocenters. The lowest BCUT2D eigenvalue weighted by molar-refractivity contribution is 0.0694. The predicted octanol–water partition coefficient (Wildman–Crippen LogP) is 4.80. The quantitative estimate of drug-likeness (QED) is 0.615. The van der Waals surface area contributed by atoms with Crippen LogP contribution >= 0.6 is 0 Å². The summed E-state index contributed by atoms with van der Waals surface area (Å²) in [5, 5.41) is 9.59. The van der Waals surface area contributed by atoms with Crippen molar-refractivity contribution in [2.24, 2.45) is 0 Å². The first kappa shape index (κ1) is 18.4. The topological polar surface area (TPSA) is 63.6 Å². The Morgan fingerprint density at radius 3 is 2.15 bits per heavy atom. The first-order chi connectivity index (χ1) is 13.1. The lowest BCUT2D eigenvalue weighted by Gasteiger charge is -2.20. The number of carbonyl (C=O) groups excluding carboxylic acids is 1. The molecule has 0 saturated carbocycles. The van der Waals surface area contributed by atoms with Crippen molar-refractivity contribution in [2.75, 3.05) is 7.11 Å². The molecule has 0 heterocycles. The van der Waals surface area contributed by atoms with Crippen LogP contribution in [0.25, 0.3) is 0 Å². The van der Waals surface area contributed by atoms with Gasteiger partial charge in [-0.15, -0.1) is 0 Å². The Labute approximate surface area is 158 Å². The van der Waals surface area contributed by atoms with Crippen LogP contribution in [0.5, 0.6) is 5.75 Å². The third kappa shape index (κ3) is 4.23. The van der Waals surface area contributed by atoms with Gasteiger partial charge in [0.25, 0.3) is 0 Å². The summed E-state index contributed by atoms with van der Waals surface area (Å²) in [6.45, 7) is 0. The fourth-order valence-corrected chi connectivity index (χ4v) is 3.17. The van der Waals surface area contributed by atoms with E-state index in [1.165, 1.54) is 0 Å². The van der Waals surface area contributed by atoms with Gasteiger partial charge in [0.1, 0.15) is 5.75 Å². The van der Waals surface area contributed by atoms with Gasteiger partial charge in [0.15, 0.2) is 5.78 Å². The number of ether oxygens (including phenoxy) is 1. The number of hydrogen-bond donors (Lipinski definition) is 1. The Morgan fingerprint density at radius 1 is 0.889 bits per heavy atom. The number of hydrogen-bond acceptors (Lipinski definition) is 3. The zero-order chi connectivity index (χ0) is 19.2. The van der Waals surface area contributed by atoms with Gasteiger partial charge in [-0.2, -0.15) is 0 Å². The second kappa shape index (κ2) is 8.32. The molecule has 4 heteroatoms. The second-order valence-electron chi connectivity index (χ2n) is 6.21. The van der Waals surface area contributed by atoms with Crippen molar-refractivity contribution in [2.45, 2.75) is 12.3 Å². The number of carboxylic acid groups (broad SMARTS) is 1. The van der Waals surface area contributed by atoms with Gasteiger partial charge in [-0.05, 0) is 29.3 Å². The summed E-state index contributed by atoms with van der Waals surface area (Å²) in [6.07, 6.45) is 0.181. The van der Waals surface area contributed by atoms with E-state index < -0.39 is 5.97 Å². The zero-order valence-corrected chi connectivity index (χ0v) is 15.0. The maximum atomic E-state index is 12.8. The van der Waals surface area contributed by atoms with E-state index >= 15 is 0 Å². The number of Topliss-reactive ketones (excluding diaryl/α,β-unsaturated/α-hetero) is 1. The normalized spacial score (nSPS) is 11.6. The average molecular weight is 360 g/mol. The van der Waals surface area contributed by atoms with Gasteiger partial charge in [-0.25, -0.2) is 4.79 Å². The molecule has 0 amide bonds. The molecule has 0 aliphatic carbocycles. The molecule has 0 aliphatic rings. The van der Waals surface area contributed by atoms with Gasteiger partial charge in [-0.1, -0.05) is 60.7 Å². The standard InChI is InChI=1S/C23H20O4/c1-27-18-13-11-16(12-14-18)21(15-22(24)17-7-3-2-4-8-17)19-9-5-6-10-20(19)23(25)26/h2-14,21H,15H2,1H3,(H,25,26). The highest BCUT2D eigenvalue weighted by atomic mass is 16.5. The lowest BCUT2D eigenvalue weighted by Crippen LogP contribution is -2.13. The Hall–Kier alpha value is -3.40. The van der Waals surface area contributed by atoms with E-state index in [0.29, 0.717) is 16.9 Å². The number of benzene rings is 3. The van der Waals surface area contributed by atoms with E-state index in [1.807, 2.05) is 42.5 Å². The minimum absolute atomic E-state index is 0.0309. The summed E-state index contributed by atoms with van der Waals surface area (Å²) in [4.78, 5) is 24.5. The summed E-state index contributed by atoms with van der Waals surface area (Å²) >= 11 is 0. The first-order valence-electron chi connectivity index (χ1n) is 8.64. The number of carboxylic acids is 1. The van der Waals surface area contributed by atoms with Crippen LogP contribution in [0.2, 0.25) is 0 Å². The van der Waals surface area contributed by atoms with E-state index in [-0.39, 0.29) is 23.7 Å². The number of carbonyl (C=O) groups is 2. The van der Waals surface area contributed by atoms with E-state index in [1.54, 1.807) is 43.5 Å². The predicted molar refractivity (Wildman–Crippen MR) is 104 cm³/mol. The fourth-order valence-electron chi connectivity index (χ4n) is 3.17. The zero-order valence-electron chi connectivity index (χ0n) is 15.0. The van der Waals surface area contributed by atoms with E-state index in [4.69, 9.17) is 4.74 Å². The van der Waals surface area contributed by atoms with Crippen molar-refractivity contribution in [3.63, 3.8) is 0 Å². The number of rotatable bonds is 7. The molecule has 27 heavy (non-hydrogen) atoms. The Kier molecular flexibility index (Phi) is 5.67. The molecule has 4 nitrogen and oxygen atoms in total. The summed E-state index contributed by atoms with van der Waals surface area (Å²) in [5.74, 6) is -0.692. The van der Waals surface area contributed by atoms with E-state index in [2.05, 4.69) is 0 Å². The second-order valence-corrected chi connectivity index (χ2v) is 6.21. The third-order valence-electron chi connectivity index (χ3n) is 4.57. The number of aromatic carboxylic acids is 1. The summed E-state index contributed by atoms with van der Waals surface area (Å²) < 4.78 is 5.21. The highest BCUT2D eigenvalue weighted by Gasteiger charge is 2.23. The van der Waals surface area contributed by atoms with Gasteiger partial charge in [0, 0.05) is 17.9 Å². The fraction of sp³-hybridized carbons (Fsp3) is 0.130. The van der Waals surface area contributed by atoms with Crippen LogP contribution in [0.15, 0.2) is 78.9 Å². The average Bonchev–Trinajstić information content (AvgIpc) is 2.72. The molecular formula is C23H20O4. The molecule has 3 aromatic rings. The number of ketones is 1.